The first-order chi connectivity index (χ1) is 14.4. The van der Waals surface area contributed by atoms with Crippen molar-refractivity contribution in [2.24, 2.45) is 0 Å². The predicted octanol–water partition coefficient (Wildman–Crippen LogP) is 3.54. The van der Waals surface area contributed by atoms with E-state index in [1.807, 2.05) is 6.20 Å². The molecule has 1 aromatic carbocycles. The minimum atomic E-state index is 0.664. The van der Waals surface area contributed by atoms with E-state index in [2.05, 4.69) is 58.0 Å². The molecule has 5 rings (SSSR count). The van der Waals surface area contributed by atoms with Gasteiger partial charge in [-0.15, -0.1) is 0 Å². The topological polar surface area (TPSA) is 58.7 Å². The molecule has 2 aromatic rings. The SMILES string of the molecule is C1=Cc2cc(C3=CCOCC3)nc(Nc3ccc(N4CCOCC4)cc3)c2CN1. The van der Waals surface area contributed by atoms with Crippen molar-refractivity contribution in [2.45, 2.75) is 13.0 Å². The Balaban J connectivity index is 1.42. The fourth-order valence-electron chi connectivity index (χ4n) is 3.98. The first kappa shape index (κ1) is 18.2. The Bertz CT molecular complexity index is 931. The predicted molar refractivity (Wildman–Crippen MR) is 116 cm³/mol. The summed E-state index contributed by atoms with van der Waals surface area (Å²) >= 11 is 0. The second kappa shape index (κ2) is 8.27. The van der Waals surface area contributed by atoms with E-state index in [1.54, 1.807) is 0 Å². The molecule has 29 heavy (non-hydrogen) atoms. The fraction of sp³-hybridized carbons (Fsp3) is 0.348. The number of nitrogens with zero attached hydrogens (tertiary/aromatic N) is 2. The number of morpholine rings is 1. The molecule has 0 atom stereocenters. The van der Waals surface area contributed by atoms with Crippen molar-refractivity contribution in [1.29, 1.82) is 0 Å². The standard InChI is InChI=1S/C23H26N4O2/c1-3-20(27-9-13-29-14-10-27)4-2-19(1)25-23-21-16-24-8-5-18(21)15-22(26-23)17-6-11-28-12-7-17/h1-6,8,15,24H,7,9-14,16H2,(H,25,26). The monoisotopic (exact) mass is 390 g/mol. The third-order valence-electron chi connectivity index (χ3n) is 5.62. The van der Waals surface area contributed by atoms with Crippen LogP contribution in [0.1, 0.15) is 23.2 Å². The van der Waals surface area contributed by atoms with E-state index in [-0.39, 0.29) is 0 Å². The van der Waals surface area contributed by atoms with Gasteiger partial charge in [0.05, 0.1) is 32.1 Å². The molecule has 0 radical (unpaired) electrons. The highest BCUT2D eigenvalue weighted by molar-refractivity contribution is 5.74. The van der Waals surface area contributed by atoms with Crippen molar-refractivity contribution in [3.8, 4) is 0 Å². The fourth-order valence-corrected chi connectivity index (χ4v) is 3.98. The Morgan fingerprint density at radius 1 is 1.03 bits per heavy atom. The van der Waals surface area contributed by atoms with Gasteiger partial charge >= 0.3 is 0 Å². The molecule has 0 bridgehead atoms. The van der Waals surface area contributed by atoms with Gasteiger partial charge in [-0.2, -0.15) is 0 Å². The summed E-state index contributed by atoms with van der Waals surface area (Å²) < 4.78 is 10.9. The zero-order valence-electron chi connectivity index (χ0n) is 16.5. The molecule has 3 aliphatic heterocycles. The van der Waals surface area contributed by atoms with Crippen molar-refractivity contribution in [3.05, 3.63) is 59.4 Å². The van der Waals surface area contributed by atoms with Gasteiger partial charge in [0.15, 0.2) is 0 Å². The van der Waals surface area contributed by atoms with E-state index < -0.39 is 0 Å². The van der Waals surface area contributed by atoms with Crippen LogP contribution in [0.4, 0.5) is 17.2 Å². The summed E-state index contributed by atoms with van der Waals surface area (Å²) in [6.07, 6.45) is 7.17. The lowest BCUT2D eigenvalue weighted by atomic mass is 10.00. The molecule has 0 unspecified atom stereocenters. The zero-order chi connectivity index (χ0) is 19.5. The third-order valence-corrected chi connectivity index (χ3v) is 5.62. The molecular formula is C23H26N4O2. The number of anilines is 3. The number of pyridine rings is 1. The normalized spacial score (nSPS) is 18.6. The van der Waals surface area contributed by atoms with Crippen LogP contribution >= 0.6 is 0 Å². The van der Waals surface area contributed by atoms with Gasteiger partial charge in [0.2, 0.25) is 0 Å². The van der Waals surface area contributed by atoms with Crippen LogP contribution in [0.5, 0.6) is 0 Å². The van der Waals surface area contributed by atoms with Crippen molar-refractivity contribution in [3.63, 3.8) is 0 Å². The highest BCUT2D eigenvalue weighted by Crippen LogP contribution is 2.30. The van der Waals surface area contributed by atoms with E-state index in [0.717, 1.165) is 63.1 Å². The highest BCUT2D eigenvalue weighted by Gasteiger charge is 2.17. The summed E-state index contributed by atoms with van der Waals surface area (Å²) in [5.41, 5.74) is 6.99. The average molecular weight is 390 g/mol. The third kappa shape index (κ3) is 3.99. The minimum absolute atomic E-state index is 0.664. The summed E-state index contributed by atoms with van der Waals surface area (Å²) in [6, 6.07) is 10.8. The number of ether oxygens (including phenoxy) is 2. The molecule has 6 heteroatoms. The van der Waals surface area contributed by atoms with Gasteiger partial charge in [-0.25, -0.2) is 4.98 Å². The van der Waals surface area contributed by atoms with Gasteiger partial charge in [-0.05, 0) is 60.2 Å². The minimum Gasteiger partial charge on any atom is -0.387 e. The van der Waals surface area contributed by atoms with E-state index in [0.29, 0.717) is 6.61 Å². The molecule has 0 saturated carbocycles. The molecule has 0 aliphatic carbocycles. The van der Waals surface area contributed by atoms with Gasteiger partial charge in [-0.1, -0.05) is 6.08 Å². The van der Waals surface area contributed by atoms with Crippen LogP contribution in [-0.4, -0.2) is 44.5 Å². The van der Waals surface area contributed by atoms with Crippen LogP contribution < -0.4 is 15.5 Å². The molecule has 1 saturated heterocycles. The lowest BCUT2D eigenvalue weighted by Crippen LogP contribution is -2.36. The smallest absolute Gasteiger partial charge is 0.136 e. The maximum atomic E-state index is 5.47. The Morgan fingerprint density at radius 3 is 2.69 bits per heavy atom. The van der Waals surface area contributed by atoms with Crippen molar-refractivity contribution in [1.82, 2.24) is 10.3 Å². The van der Waals surface area contributed by atoms with Gasteiger partial charge < -0.3 is 25.0 Å². The summed E-state index contributed by atoms with van der Waals surface area (Å²) in [5.74, 6) is 0.917. The number of hydrogen-bond acceptors (Lipinski definition) is 6. The van der Waals surface area contributed by atoms with Gasteiger partial charge in [0, 0.05) is 36.6 Å². The van der Waals surface area contributed by atoms with Crippen LogP contribution in [0, 0.1) is 0 Å². The number of hydrogen-bond donors (Lipinski definition) is 2. The van der Waals surface area contributed by atoms with Crippen molar-refractivity contribution >= 4 is 28.8 Å². The Morgan fingerprint density at radius 2 is 1.90 bits per heavy atom. The Kier molecular flexibility index (Phi) is 5.19. The Labute approximate surface area is 171 Å². The maximum Gasteiger partial charge on any atom is 0.136 e. The second-order valence-corrected chi connectivity index (χ2v) is 7.46. The number of fused-ring (bicyclic) bond motifs is 1. The van der Waals surface area contributed by atoms with Crippen molar-refractivity contribution < 1.29 is 9.47 Å². The summed E-state index contributed by atoms with van der Waals surface area (Å²) in [4.78, 5) is 7.34. The van der Waals surface area contributed by atoms with Gasteiger partial charge in [-0.3, -0.25) is 0 Å². The lowest BCUT2D eigenvalue weighted by Gasteiger charge is -2.29. The average Bonchev–Trinajstić information content (AvgIpc) is 2.81. The highest BCUT2D eigenvalue weighted by atomic mass is 16.5. The van der Waals surface area contributed by atoms with Crippen molar-refractivity contribution in [2.75, 3.05) is 49.7 Å². The number of benzene rings is 1. The molecular weight excluding hydrogens is 364 g/mol. The van der Waals surface area contributed by atoms with E-state index in [1.165, 1.54) is 22.4 Å². The molecule has 0 spiro atoms. The second-order valence-electron chi connectivity index (χ2n) is 7.46. The van der Waals surface area contributed by atoms with Crippen LogP contribution in [0.15, 0.2) is 42.6 Å². The summed E-state index contributed by atoms with van der Waals surface area (Å²) in [5, 5.41) is 6.86. The molecule has 150 valence electrons. The van der Waals surface area contributed by atoms with Crippen LogP contribution in [0.2, 0.25) is 0 Å². The molecule has 1 fully saturated rings. The number of aromatic nitrogens is 1. The van der Waals surface area contributed by atoms with Crippen LogP contribution in [0.25, 0.3) is 11.6 Å². The van der Waals surface area contributed by atoms with Gasteiger partial charge in [0.1, 0.15) is 5.82 Å². The van der Waals surface area contributed by atoms with Crippen LogP contribution in [-0.2, 0) is 16.0 Å². The summed E-state index contributed by atoms with van der Waals surface area (Å²) in [6.45, 7) is 5.68. The molecule has 1 aromatic heterocycles. The zero-order valence-corrected chi connectivity index (χ0v) is 16.5. The molecule has 6 nitrogen and oxygen atoms in total. The summed E-state index contributed by atoms with van der Waals surface area (Å²) in [7, 11) is 0. The first-order valence-electron chi connectivity index (χ1n) is 10.3. The lowest BCUT2D eigenvalue weighted by molar-refractivity contribution is 0.122. The van der Waals surface area contributed by atoms with E-state index in [4.69, 9.17) is 14.5 Å². The molecule has 4 heterocycles. The number of rotatable bonds is 4. The Hall–Kier alpha value is -2.83. The quantitative estimate of drug-likeness (QED) is 0.833. The van der Waals surface area contributed by atoms with Crippen LogP contribution in [0.3, 0.4) is 0 Å². The largest absolute Gasteiger partial charge is 0.387 e. The molecule has 0 amide bonds. The van der Waals surface area contributed by atoms with E-state index >= 15 is 0 Å². The first-order valence-corrected chi connectivity index (χ1v) is 10.3. The van der Waals surface area contributed by atoms with Gasteiger partial charge in [0.25, 0.3) is 0 Å². The van der Waals surface area contributed by atoms with E-state index in [9.17, 15) is 0 Å². The maximum absolute atomic E-state index is 5.47. The molecule has 3 aliphatic rings. The number of nitrogens with one attached hydrogen (secondary N) is 2. The molecule has 2 N–H and O–H groups in total.